The van der Waals surface area contributed by atoms with Crippen LogP contribution in [0.25, 0.3) is 0 Å². The molecule has 0 saturated carbocycles. The van der Waals surface area contributed by atoms with Gasteiger partial charge in [0, 0.05) is 12.6 Å². The van der Waals surface area contributed by atoms with Gasteiger partial charge in [-0.2, -0.15) is 0 Å². The lowest BCUT2D eigenvalue weighted by Crippen LogP contribution is -2.36. The summed E-state index contributed by atoms with van der Waals surface area (Å²) in [5.41, 5.74) is 0. The summed E-state index contributed by atoms with van der Waals surface area (Å²) in [6.45, 7) is 5.28. The van der Waals surface area contributed by atoms with Crippen molar-refractivity contribution in [2.24, 2.45) is 5.14 Å². The number of nitrogens with one attached hydrogen (secondary N) is 1. The number of primary sulfonamides is 1. The number of rotatable bonds is 6. The first-order chi connectivity index (χ1) is 9.66. The van der Waals surface area contributed by atoms with Crippen LogP contribution in [-0.4, -0.2) is 27.0 Å². The third-order valence-electron chi connectivity index (χ3n) is 2.39. The molecule has 1 aromatic rings. The fourth-order valence-electron chi connectivity index (χ4n) is 1.38. The maximum Gasteiger partial charge on any atom is 0.261 e. The summed E-state index contributed by atoms with van der Waals surface area (Å²) >= 11 is 11.7. The zero-order valence-corrected chi connectivity index (χ0v) is 13.4. The number of halogens is 2. The molecule has 1 atom stereocenters. The van der Waals surface area contributed by atoms with Gasteiger partial charge in [0.25, 0.3) is 5.91 Å². The van der Waals surface area contributed by atoms with Crippen molar-refractivity contribution in [3.63, 3.8) is 0 Å². The largest absolute Gasteiger partial charge is 0.479 e. The lowest BCUT2D eigenvalue weighted by Gasteiger charge is -2.16. The molecule has 1 rings (SSSR count). The summed E-state index contributed by atoms with van der Waals surface area (Å²) in [4.78, 5) is 11.3. The third kappa shape index (κ3) is 4.89. The van der Waals surface area contributed by atoms with E-state index in [0.29, 0.717) is 6.54 Å². The zero-order chi connectivity index (χ0) is 16.2. The fourth-order valence-corrected chi connectivity index (χ4v) is 2.74. The van der Waals surface area contributed by atoms with E-state index in [0.717, 1.165) is 6.07 Å². The minimum absolute atomic E-state index is 0.0215. The van der Waals surface area contributed by atoms with Crippen molar-refractivity contribution in [3.8, 4) is 5.75 Å². The molecule has 0 aliphatic heterocycles. The molecule has 0 saturated heterocycles. The van der Waals surface area contributed by atoms with Crippen LogP contribution in [-0.2, 0) is 14.8 Å². The molecule has 1 aromatic carbocycles. The van der Waals surface area contributed by atoms with E-state index in [2.05, 4.69) is 11.9 Å². The molecule has 9 heteroatoms. The Morgan fingerprint density at radius 2 is 2.10 bits per heavy atom. The number of hydrogen-bond donors (Lipinski definition) is 2. The third-order valence-corrected chi connectivity index (χ3v) is 4.06. The Kier molecular flexibility index (Phi) is 6.03. The lowest BCUT2D eigenvalue weighted by molar-refractivity contribution is -0.127. The lowest BCUT2D eigenvalue weighted by atomic mass is 10.3. The molecule has 116 valence electrons. The highest BCUT2D eigenvalue weighted by molar-refractivity contribution is 7.89. The molecule has 1 amide bonds. The Morgan fingerprint density at radius 3 is 2.62 bits per heavy atom. The number of amides is 1. The molecule has 0 radical (unpaired) electrons. The summed E-state index contributed by atoms with van der Waals surface area (Å²) in [5, 5.41) is 7.38. The summed E-state index contributed by atoms with van der Waals surface area (Å²) in [5.74, 6) is -0.298. The van der Waals surface area contributed by atoms with Gasteiger partial charge in [-0.15, -0.1) is 6.58 Å². The maximum atomic E-state index is 11.7. The van der Waals surface area contributed by atoms with E-state index in [-0.39, 0.29) is 26.6 Å². The van der Waals surface area contributed by atoms with Crippen LogP contribution >= 0.6 is 23.2 Å². The average Bonchev–Trinajstić information content (AvgIpc) is 2.38. The Hall–Kier alpha value is -1.28. The van der Waals surface area contributed by atoms with Gasteiger partial charge in [-0.3, -0.25) is 4.79 Å². The van der Waals surface area contributed by atoms with E-state index >= 15 is 0 Å². The Labute approximate surface area is 132 Å². The smallest absolute Gasteiger partial charge is 0.261 e. The monoisotopic (exact) mass is 352 g/mol. The van der Waals surface area contributed by atoms with Crippen molar-refractivity contribution in [1.82, 2.24) is 5.32 Å². The summed E-state index contributed by atoms with van der Waals surface area (Å²) in [6.07, 6.45) is 0.675. The molecular weight excluding hydrogens is 339 g/mol. The second-order valence-corrected chi connectivity index (χ2v) is 6.40. The first-order valence-corrected chi connectivity index (χ1v) is 8.04. The number of sulfonamides is 1. The SMILES string of the molecule is C=CCNC(=O)C(C)Oc1cc(Cl)c(S(N)(=O)=O)cc1Cl. The van der Waals surface area contributed by atoms with E-state index in [1.165, 1.54) is 19.1 Å². The Morgan fingerprint density at radius 1 is 1.48 bits per heavy atom. The van der Waals surface area contributed by atoms with Crippen molar-refractivity contribution >= 4 is 39.1 Å². The van der Waals surface area contributed by atoms with Crippen LogP contribution in [0.3, 0.4) is 0 Å². The quantitative estimate of drug-likeness (QED) is 0.761. The number of hydrogen-bond acceptors (Lipinski definition) is 4. The van der Waals surface area contributed by atoms with Crippen molar-refractivity contribution in [1.29, 1.82) is 0 Å². The molecule has 0 aliphatic rings. The van der Waals surface area contributed by atoms with Crippen molar-refractivity contribution in [2.75, 3.05) is 6.54 Å². The van der Waals surface area contributed by atoms with Gasteiger partial charge < -0.3 is 10.1 Å². The normalized spacial score (nSPS) is 12.6. The molecule has 0 heterocycles. The number of benzene rings is 1. The zero-order valence-electron chi connectivity index (χ0n) is 11.1. The average molecular weight is 353 g/mol. The second kappa shape index (κ2) is 7.13. The summed E-state index contributed by atoms with van der Waals surface area (Å²) in [7, 11) is -3.99. The molecule has 21 heavy (non-hydrogen) atoms. The molecule has 0 spiro atoms. The summed E-state index contributed by atoms with van der Waals surface area (Å²) < 4.78 is 27.9. The van der Waals surface area contributed by atoms with Crippen LogP contribution in [0.1, 0.15) is 6.92 Å². The van der Waals surface area contributed by atoms with E-state index in [1.54, 1.807) is 0 Å². The molecule has 0 aliphatic carbocycles. The van der Waals surface area contributed by atoms with Crippen LogP contribution < -0.4 is 15.2 Å². The molecule has 3 N–H and O–H groups in total. The topological polar surface area (TPSA) is 98.5 Å². The standard InChI is InChI=1S/C12H14Cl2N2O4S/c1-3-4-16-12(17)7(2)20-10-5-9(14)11(6-8(10)13)21(15,18)19/h3,5-7H,1,4H2,2H3,(H,16,17)(H2,15,18,19). The molecule has 6 nitrogen and oxygen atoms in total. The van der Waals surface area contributed by atoms with Gasteiger partial charge in [0.1, 0.15) is 10.6 Å². The van der Waals surface area contributed by atoms with Crippen LogP contribution in [0.4, 0.5) is 0 Å². The molecule has 1 unspecified atom stereocenters. The highest BCUT2D eigenvalue weighted by Crippen LogP contribution is 2.33. The van der Waals surface area contributed by atoms with Crippen LogP contribution in [0.2, 0.25) is 10.0 Å². The van der Waals surface area contributed by atoms with Gasteiger partial charge in [-0.25, -0.2) is 13.6 Å². The number of carbonyl (C=O) groups excluding carboxylic acids is 1. The number of nitrogens with two attached hydrogens (primary N) is 1. The van der Waals surface area contributed by atoms with Gasteiger partial charge >= 0.3 is 0 Å². The van der Waals surface area contributed by atoms with Gasteiger partial charge in [0.15, 0.2) is 6.10 Å². The number of ether oxygens (including phenoxy) is 1. The maximum absolute atomic E-state index is 11.7. The van der Waals surface area contributed by atoms with Crippen LogP contribution in [0.15, 0.2) is 29.7 Å². The van der Waals surface area contributed by atoms with Crippen LogP contribution in [0.5, 0.6) is 5.75 Å². The van der Waals surface area contributed by atoms with E-state index in [9.17, 15) is 13.2 Å². The van der Waals surface area contributed by atoms with Crippen molar-refractivity contribution in [2.45, 2.75) is 17.9 Å². The minimum Gasteiger partial charge on any atom is -0.479 e. The molecular formula is C12H14Cl2N2O4S. The first kappa shape index (κ1) is 17.8. The highest BCUT2D eigenvalue weighted by Gasteiger charge is 2.20. The number of carbonyl (C=O) groups is 1. The summed E-state index contributed by atoms with van der Waals surface area (Å²) in [6, 6.07) is 2.27. The fraction of sp³-hybridized carbons (Fsp3) is 0.250. The van der Waals surface area contributed by atoms with Crippen molar-refractivity contribution in [3.05, 3.63) is 34.8 Å². The second-order valence-electron chi connectivity index (χ2n) is 4.05. The highest BCUT2D eigenvalue weighted by atomic mass is 35.5. The Balaban J connectivity index is 2.98. The predicted octanol–water partition coefficient (Wildman–Crippen LogP) is 1.71. The minimum atomic E-state index is -3.99. The van der Waals surface area contributed by atoms with Gasteiger partial charge in [-0.05, 0) is 13.0 Å². The van der Waals surface area contributed by atoms with Gasteiger partial charge in [0.05, 0.1) is 10.0 Å². The molecule has 0 fully saturated rings. The predicted molar refractivity (Wildman–Crippen MR) is 81.1 cm³/mol. The van der Waals surface area contributed by atoms with E-state index in [1.807, 2.05) is 0 Å². The molecule has 0 bridgehead atoms. The van der Waals surface area contributed by atoms with Gasteiger partial charge in [-0.1, -0.05) is 29.3 Å². The van der Waals surface area contributed by atoms with Crippen LogP contribution in [0, 0.1) is 0 Å². The van der Waals surface area contributed by atoms with Gasteiger partial charge in [0.2, 0.25) is 10.0 Å². The van der Waals surface area contributed by atoms with Crippen molar-refractivity contribution < 1.29 is 17.9 Å². The Bertz CT molecular complexity index is 661. The first-order valence-electron chi connectivity index (χ1n) is 5.74. The van der Waals surface area contributed by atoms with E-state index in [4.69, 9.17) is 33.1 Å². The molecule has 0 aromatic heterocycles. The van der Waals surface area contributed by atoms with E-state index < -0.39 is 16.1 Å².